The number of nitrogens with one attached hydrogen (secondary N) is 1. The molecule has 0 aromatic heterocycles. The van der Waals surface area contributed by atoms with Gasteiger partial charge >= 0.3 is 0 Å². The first-order valence-electron chi connectivity index (χ1n) is 9.99. The highest BCUT2D eigenvalue weighted by Crippen LogP contribution is 2.27. The number of nitrogens with zero attached hydrogens (tertiary/aromatic N) is 1. The van der Waals surface area contributed by atoms with Crippen molar-refractivity contribution < 1.29 is 14.3 Å². The number of piperidine rings is 1. The quantitative estimate of drug-likeness (QED) is 0.802. The Hall–Kier alpha value is -2.66. The lowest BCUT2D eigenvalue weighted by molar-refractivity contribution is 0.0928. The number of hydrogen-bond donors (Lipinski definition) is 1. The summed E-state index contributed by atoms with van der Waals surface area (Å²) in [6, 6.07) is 14.5. The van der Waals surface area contributed by atoms with Gasteiger partial charge in [-0.3, -0.25) is 9.59 Å². The highest BCUT2D eigenvalue weighted by molar-refractivity contribution is 5.94. The molecule has 28 heavy (non-hydrogen) atoms. The summed E-state index contributed by atoms with van der Waals surface area (Å²) in [5, 5.41) is 3.21. The lowest BCUT2D eigenvalue weighted by atomic mass is 9.94. The second kappa shape index (κ2) is 8.15. The van der Waals surface area contributed by atoms with Crippen molar-refractivity contribution in [3.63, 3.8) is 0 Å². The highest BCUT2D eigenvalue weighted by atomic mass is 16.5. The van der Waals surface area contributed by atoms with Crippen LogP contribution in [0.4, 0.5) is 0 Å². The van der Waals surface area contributed by atoms with Gasteiger partial charge in [0.1, 0.15) is 11.5 Å². The number of Topliss-reactive ketones (excluding diaryl/α,β-unsaturated/α-hetero) is 1. The SMILES string of the molecule is CC(=O)c1ccc(Oc2ccc(C(=O)NC3CC4CCN(CC4)C3)cc2)cc1. The zero-order valence-corrected chi connectivity index (χ0v) is 16.2. The molecular weight excluding hydrogens is 352 g/mol. The first-order chi connectivity index (χ1) is 13.6. The van der Waals surface area contributed by atoms with E-state index in [1.807, 2.05) is 0 Å². The smallest absolute Gasteiger partial charge is 0.251 e. The summed E-state index contributed by atoms with van der Waals surface area (Å²) in [6.45, 7) is 4.82. The van der Waals surface area contributed by atoms with Gasteiger partial charge in [-0.15, -0.1) is 0 Å². The molecule has 5 heteroatoms. The first kappa shape index (κ1) is 18.7. The van der Waals surface area contributed by atoms with Crippen molar-refractivity contribution in [3.05, 3.63) is 59.7 Å². The normalized spacial score (nSPS) is 23.7. The van der Waals surface area contributed by atoms with Crippen molar-refractivity contribution in [1.29, 1.82) is 0 Å². The van der Waals surface area contributed by atoms with E-state index in [2.05, 4.69) is 10.2 Å². The maximum absolute atomic E-state index is 12.6. The Bertz CT molecular complexity index is 823. The molecule has 3 aliphatic rings. The number of carbonyl (C=O) groups excluding carboxylic acids is 2. The highest BCUT2D eigenvalue weighted by Gasteiger charge is 2.29. The van der Waals surface area contributed by atoms with Crippen LogP contribution in [0.15, 0.2) is 48.5 Å². The molecule has 5 nitrogen and oxygen atoms in total. The number of ether oxygens (including phenoxy) is 1. The van der Waals surface area contributed by atoms with E-state index in [4.69, 9.17) is 4.74 Å². The minimum atomic E-state index is -0.0233. The van der Waals surface area contributed by atoms with Crippen LogP contribution in [0.1, 0.15) is 46.9 Å². The molecule has 146 valence electrons. The third-order valence-electron chi connectivity index (χ3n) is 5.75. The molecule has 1 amide bonds. The van der Waals surface area contributed by atoms with Crippen LogP contribution in [0, 0.1) is 5.92 Å². The number of benzene rings is 2. The summed E-state index contributed by atoms with van der Waals surface area (Å²) >= 11 is 0. The molecule has 3 fully saturated rings. The molecule has 1 atom stereocenters. The van der Waals surface area contributed by atoms with Gasteiger partial charge in [0.25, 0.3) is 5.91 Å². The standard InChI is InChI=1S/C23H26N2O3/c1-16(26)18-2-6-21(7-3-18)28-22-8-4-19(5-9-22)23(27)24-20-14-17-10-12-25(15-20)13-11-17/h2-9,17,20H,10-15H2,1H3,(H,24,27). The predicted molar refractivity (Wildman–Crippen MR) is 108 cm³/mol. The number of amides is 1. The van der Waals surface area contributed by atoms with E-state index in [1.54, 1.807) is 48.5 Å². The Kier molecular flexibility index (Phi) is 5.44. The van der Waals surface area contributed by atoms with Crippen LogP contribution in [0.2, 0.25) is 0 Å². The van der Waals surface area contributed by atoms with Crippen LogP contribution in [0.5, 0.6) is 11.5 Å². The van der Waals surface area contributed by atoms with Crippen molar-refractivity contribution in [3.8, 4) is 11.5 Å². The van der Waals surface area contributed by atoms with Gasteiger partial charge in [0.15, 0.2) is 5.78 Å². The van der Waals surface area contributed by atoms with Crippen LogP contribution in [0.25, 0.3) is 0 Å². The van der Waals surface area contributed by atoms with Crippen molar-refractivity contribution in [2.75, 3.05) is 19.6 Å². The van der Waals surface area contributed by atoms with E-state index >= 15 is 0 Å². The molecule has 0 spiro atoms. The monoisotopic (exact) mass is 378 g/mol. The van der Waals surface area contributed by atoms with Crippen molar-refractivity contribution in [1.82, 2.24) is 10.2 Å². The molecule has 3 heterocycles. The molecule has 2 aromatic carbocycles. The van der Waals surface area contributed by atoms with Crippen LogP contribution in [-0.2, 0) is 0 Å². The molecule has 2 aromatic rings. The maximum atomic E-state index is 12.6. The summed E-state index contributed by atoms with van der Waals surface area (Å²) < 4.78 is 5.80. The third kappa shape index (κ3) is 4.42. The maximum Gasteiger partial charge on any atom is 0.251 e. The third-order valence-corrected chi connectivity index (χ3v) is 5.75. The number of ketones is 1. The number of hydrogen-bond acceptors (Lipinski definition) is 4. The second-order valence-corrected chi connectivity index (χ2v) is 7.86. The second-order valence-electron chi connectivity index (χ2n) is 7.86. The van der Waals surface area contributed by atoms with Gasteiger partial charge in [0, 0.05) is 23.7 Å². The predicted octanol–water partition coefficient (Wildman–Crippen LogP) is 3.90. The molecule has 3 aliphatic heterocycles. The van der Waals surface area contributed by atoms with E-state index in [1.165, 1.54) is 19.8 Å². The molecule has 1 unspecified atom stereocenters. The van der Waals surface area contributed by atoms with Gasteiger partial charge in [0.05, 0.1) is 0 Å². The molecule has 1 N–H and O–H groups in total. The molecule has 2 bridgehead atoms. The number of rotatable bonds is 5. The minimum absolute atomic E-state index is 0.0233. The van der Waals surface area contributed by atoms with Gasteiger partial charge in [-0.05, 0) is 93.7 Å². The summed E-state index contributed by atoms with van der Waals surface area (Å²) in [5.41, 5.74) is 1.30. The van der Waals surface area contributed by atoms with E-state index in [-0.39, 0.29) is 17.7 Å². The van der Waals surface area contributed by atoms with Gasteiger partial charge in [-0.2, -0.15) is 0 Å². The van der Waals surface area contributed by atoms with Crippen LogP contribution in [0.3, 0.4) is 0 Å². The molecule has 0 radical (unpaired) electrons. The Morgan fingerprint density at radius 2 is 1.50 bits per heavy atom. The van der Waals surface area contributed by atoms with E-state index < -0.39 is 0 Å². The summed E-state index contributed by atoms with van der Waals surface area (Å²) in [4.78, 5) is 26.4. The Morgan fingerprint density at radius 1 is 0.929 bits per heavy atom. The fraction of sp³-hybridized carbons (Fsp3) is 0.391. The van der Waals surface area contributed by atoms with E-state index in [0.29, 0.717) is 22.6 Å². The van der Waals surface area contributed by atoms with Crippen LogP contribution < -0.4 is 10.1 Å². The Morgan fingerprint density at radius 3 is 2.07 bits per heavy atom. The zero-order chi connectivity index (χ0) is 19.5. The first-order valence-corrected chi connectivity index (χ1v) is 9.99. The van der Waals surface area contributed by atoms with E-state index in [0.717, 1.165) is 32.0 Å². The summed E-state index contributed by atoms with van der Waals surface area (Å²) in [7, 11) is 0. The largest absolute Gasteiger partial charge is 0.457 e. The Balaban J connectivity index is 1.36. The van der Waals surface area contributed by atoms with Crippen LogP contribution >= 0.6 is 0 Å². The average Bonchev–Trinajstić information content (AvgIpc) is 3.01. The minimum Gasteiger partial charge on any atom is -0.457 e. The fourth-order valence-electron chi connectivity index (χ4n) is 4.13. The summed E-state index contributed by atoms with van der Waals surface area (Å²) in [5.74, 6) is 2.07. The summed E-state index contributed by atoms with van der Waals surface area (Å²) in [6.07, 6.45) is 3.59. The van der Waals surface area contributed by atoms with Crippen LogP contribution in [-0.4, -0.2) is 42.3 Å². The lowest BCUT2D eigenvalue weighted by Crippen LogP contribution is -2.41. The van der Waals surface area contributed by atoms with Crippen molar-refractivity contribution in [2.24, 2.45) is 5.92 Å². The van der Waals surface area contributed by atoms with Gasteiger partial charge in [-0.25, -0.2) is 0 Å². The fourth-order valence-corrected chi connectivity index (χ4v) is 4.13. The lowest BCUT2D eigenvalue weighted by Gasteiger charge is -2.26. The van der Waals surface area contributed by atoms with Crippen molar-refractivity contribution in [2.45, 2.75) is 32.2 Å². The van der Waals surface area contributed by atoms with E-state index in [9.17, 15) is 9.59 Å². The molecule has 3 saturated heterocycles. The topological polar surface area (TPSA) is 58.6 Å². The average molecular weight is 378 g/mol. The molecule has 0 aliphatic carbocycles. The van der Waals surface area contributed by atoms with Gasteiger partial charge in [-0.1, -0.05) is 0 Å². The molecule has 5 rings (SSSR count). The van der Waals surface area contributed by atoms with Crippen molar-refractivity contribution >= 4 is 11.7 Å². The Labute approximate surface area is 165 Å². The van der Waals surface area contributed by atoms with Gasteiger partial charge in [0.2, 0.25) is 0 Å². The van der Waals surface area contributed by atoms with Gasteiger partial charge < -0.3 is 15.0 Å². The zero-order valence-electron chi connectivity index (χ0n) is 16.2. The number of carbonyl (C=O) groups is 2. The molecular formula is C23H26N2O3. The number of fused-ring (bicyclic) bond motifs is 4. The molecule has 0 saturated carbocycles.